The molecule has 1 aromatic heterocycles. The Morgan fingerprint density at radius 2 is 2.15 bits per heavy atom. The molecule has 0 aliphatic heterocycles. The normalized spacial score (nSPS) is 14.5. The highest BCUT2D eigenvalue weighted by molar-refractivity contribution is 9.11. The van der Waals surface area contributed by atoms with E-state index in [1.54, 1.807) is 6.07 Å². The smallest absolute Gasteiger partial charge is 0.261 e. The minimum atomic E-state index is -0.219. The molecule has 2 aromatic rings. The maximum Gasteiger partial charge on any atom is 0.261 e. The lowest BCUT2D eigenvalue weighted by molar-refractivity contribution is -0.121. The van der Waals surface area contributed by atoms with Crippen molar-refractivity contribution in [3.05, 3.63) is 37.8 Å². The average molecular weight is 401 g/mol. The summed E-state index contributed by atoms with van der Waals surface area (Å²) in [6.07, 6.45) is 3.46. The first kappa shape index (κ1) is 13.8. The SMILES string of the molecule is O=C(Cn1cnc2c(Br)cc(Br)cc2c1=O)NC1CC1. The van der Waals surface area contributed by atoms with Crippen molar-refractivity contribution in [1.82, 2.24) is 14.9 Å². The van der Waals surface area contributed by atoms with Crippen LogP contribution in [0.5, 0.6) is 0 Å². The summed E-state index contributed by atoms with van der Waals surface area (Å²) in [5.41, 5.74) is 0.375. The largest absolute Gasteiger partial charge is 0.352 e. The summed E-state index contributed by atoms with van der Waals surface area (Å²) < 4.78 is 2.86. The monoisotopic (exact) mass is 399 g/mol. The predicted octanol–water partition coefficient (Wildman–Crippen LogP) is 2.20. The van der Waals surface area contributed by atoms with E-state index in [2.05, 4.69) is 42.2 Å². The first-order valence-corrected chi connectivity index (χ1v) is 7.77. The molecule has 1 aromatic carbocycles. The number of amides is 1. The van der Waals surface area contributed by atoms with E-state index in [1.807, 2.05) is 6.07 Å². The molecule has 7 heteroatoms. The highest BCUT2D eigenvalue weighted by atomic mass is 79.9. The van der Waals surface area contributed by atoms with Gasteiger partial charge in [-0.2, -0.15) is 0 Å². The van der Waals surface area contributed by atoms with Crippen molar-refractivity contribution in [3.63, 3.8) is 0 Å². The molecular weight excluding hydrogens is 390 g/mol. The van der Waals surface area contributed by atoms with Gasteiger partial charge in [-0.15, -0.1) is 0 Å². The van der Waals surface area contributed by atoms with Crippen LogP contribution in [0.25, 0.3) is 10.9 Å². The summed E-state index contributed by atoms with van der Waals surface area (Å²) >= 11 is 6.73. The third-order valence-electron chi connectivity index (χ3n) is 3.10. The number of benzene rings is 1. The Balaban J connectivity index is 1.97. The van der Waals surface area contributed by atoms with Crippen LogP contribution in [0.2, 0.25) is 0 Å². The molecule has 0 spiro atoms. The van der Waals surface area contributed by atoms with Gasteiger partial charge in [0.2, 0.25) is 5.91 Å². The summed E-state index contributed by atoms with van der Waals surface area (Å²) in [7, 11) is 0. The van der Waals surface area contributed by atoms with Gasteiger partial charge in [-0.25, -0.2) is 4.98 Å². The van der Waals surface area contributed by atoms with Gasteiger partial charge in [0, 0.05) is 15.0 Å². The number of fused-ring (bicyclic) bond motifs is 1. The molecule has 0 bridgehead atoms. The van der Waals surface area contributed by atoms with Crippen LogP contribution in [0.1, 0.15) is 12.8 Å². The summed E-state index contributed by atoms with van der Waals surface area (Å²) in [5, 5.41) is 3.34. The van der Waals surface area contributed by atoms with Crippen LogP contribution in [0.3, 0.4) is 0 Å². The molecule has 1 heterocycles. The average Bonchev–Trinajstić information content (AvgIpc) is 3.17. The number of aromatic nitrogens is 2. The van der Waals surface area contributed by atoms with Crippen molar-refractivity contribution < 1.29 is 4.79 Å². The van der Waals surface area contributed by atoms with Crippen LogP contribution >= 0.6 is 31.9 Å². The van der Waals surface area contributed by atoms with Crippen LogP contribution in [0.4, 0.5) is 0 Å². The second-order valence-electron chi connectivity index (χ2n) is 4.80. The summed E-state index contributed by atoms with van der Waals surface area (Å²) in [4.78, 5) is 28.4. The van der Waals surface area contributed by atoms with E-state index in [1.165, 1.54) is 10.9 Å². The molecule has 0 atom stereocenters. The van der Waals surface area contributed by atoms with Crippen LogP contribution in [0.15, 0.2) is 32.2 Å². The highest BCUT2D eigenvalue weighted by Crippen LogP contribution is 2.24. The number of hydrogen-bond donors (Lipinski definition) is 1. The van der Waals surface area contributed by atoms with Crippen molar-refractivity contribution >= 4 is 48.7 Å². The Morgan fingerprint density at radius 3 is 2.85 bits per heavy atom. The number of halogens is 2. The predicted molar refractivity (Wildman–Crippen MR) is 82.6 cm³/mol. The Labute approximate surface area is 131 Å². The first-order valence-electron chi connectivity index (χ1n) is 6.18. The molecule has 5 nitrogen and oxygen atoms in total. The lowest BCUT2D eigenvalue weighted by atomic mass is 10.2. The molecule has 1 aliphatic rings. The summed E-state index contributed by atoms with van der Waals surface area (Å²) in [6, 6.07) is 3.83. The van der Waals surface area contributed by atoms with Crippen molar-refractivity contribution in [3.8, 4) is 0 Å². The zero-order chi connectivity index (χ0) is 14.3. The van der Waals surface area contributed by atoms with E-state index >= 15 is 0 Å². The fourth-order valence-electron chi connectivity index (χ4n) is 1.96. The molecule has 20 heavy (non-hydrogen) atoms. The summed E-state index contributed by atoms with van der Waals surface area (Å²) in [6.45, 7) is 0.00239. The molecule has 0 saturated heterocycles. The van der Waals surface area contributed by atoms with Gasteiger partial charge in [0.15, 0.2) is 0 Å². The lowest BCUT2D eigenvalue weighted by Gasteiger charge is -2.08. The molecule has 1 aliphatic carbocycles. The van der Waals surface area contributed by atoms with Crippen LogP contribution in [0, 0.1) is 0 Å². The Morgan fingerprint density at radius 1 is 1.40 bits per heavy atom. The first-order chi connectivity index (χ1) is 9.54. The second-order valence-corrected chi connectivity index (χ2v) is 6.57. The second kappa shape index (κ2) is 5.29. The van der Waals surface area contributed by atoms with Gasteiger partial charge in [-0.1, -0.05) is 15.9 Å². The molecule has 0 unspecified atom stereocenters. The number of carbonyl (C=O) groups is 1. The van der Waals surface area contributed by atoms with Gasteiger partial charge < -0.3 is 5.32 Å². The van der Waals surface area contributed by atoms with E-state index < -0.39 is 0 Å². The Bertz CT molecular complexity index is 753. The van der Waals surface area contributed by atoms with Gasteiger partial charge in [-0.05, 0) is 40.9 Å². The minimum absolute atomic E-state index is 0.00239. The van der Waals surface area contributed by atoms with Crippen molar-refractivity contribution in [1.29, 1.82) is 0 Å². The molecule has 104 valence electrons. The Kier molecular flexibility index (Phi) is 3.64. The van der Waals surface area contributed by atoms with E-state index in [0.29, 0.717) is 10.9 Å². The number of nitrogens with one attached hydrogen (secondary N) is 1. The zero-order valence-corrected chi connectivity index (χ0v) is 13.6. The van der Waals surface area contributed by atoms with Gasteiger partial charge in [0.1, 0.15) is 6.54 Å². The van der Waals surface area contributed by atoms with E-state index in [9.17, 15) is 9.59 Å². The molecular formula is C13H11Br2N3O2. The van der Waals surface area contributed by atoms with Gasteiger partial charge in [-0.3, -0.25) is 14.2 Å². The maximum absolute atomic E-state index is 12.4. The molecule has 1 N–H and O–H groups in total. The minimum Gasteiger partial charge on any atom is -0.352 e. The van der Waals surface area contributed by atoms with E-state index in [4.69, 9.17) is 0 Å². The third-order valence-corrected chi connectivity index (χ3v) is 4.16. The van der Waals surface area contributed by atoms with Gasteiger partial charge in [0.25, 0.3) is 5.56 Å². The lowest BCUT2D eigenvalue weighted by Crippen LogP contribution is -2.33. The fourth-order valence-corrected chi connectivity index (χ4v) is 3.29. The van der Waals surface area contributed by atoms with Crippen LogP contribution in [-0.2, 0) is 11.3 Å². The number of nitrogens with zero attached hydrogens (tertiary/aromatic N) is 2. The standard InChI is InChI=1S/C13H11Br2N3O2/c14-7-3-9-12(10(15)4-7)16-6-18(13(9)20)5-11(19)17-8-1-2-8/h3-4,6,8H,1-2,5H2,(H,17,19). The maximum atomic E-state index is 12.4. The van der Waals surface area contributed by atoms with Gasteiger partial charge >= 0.3 is 0 Å². The summed E-state index contributed by atoms with van der Waals surface area (Å²) in [5.74, 6) is -0.148. The van der Waals surface area contributed by atoms with Gasteiger partial charge in [0.05, 0.1) is 17.2 Å². The van der Waals surface area contributed by atoms with Crippen LogP contribution in [-0.4, -0.2) is 21.5 Å². The van der Waals surface area contributed by atoms with Crippen molar-refractivity contribution in [2.75, 3.05) is 0 Å². The molecule has 1 saturated carbocycles. The van der Waals surface area contributed by atoms with E-state index in [0.717, 1.165) is 21.8 Å². The molecule has 1 fully saturated rings. The Hall–Kier alpha value is -1.21. The highest BCUT2D eigenvalue weighted by Gasteiger charge is 2.23. The molecule has 1 amide bonds. The van der Waals surface area contributed by atoms with Crippen molar-refractivity contribution in [2.24, 2.45) is 0 Å². The number of hydrogen-bond acceptors (Lipinski definition) is 3. The van der Waals surface area contributed by atoms with E-state index in [-0.39, 0.29) is 24.1 Å². The quantitative estimate of drug-likeness (QED) is 0.858. The zero-order valence-electron chi connectivity index (χ0n) is 10.4. The topological polar surface area (TPSA) is 64.0 Å². The molecule has 3 rings (SSSR count). The third kappa shape index (κ3) is 2.78. The number of carbonyl (C=O) groups excluding carboxylic acids is 1. The fraction of sp³-hybridized carbons (Fsp3) is 0.308. The van der Waals surface area contributed by atoms with Crippen LogP contribution < -0.4 is 10.9 Å². The van der Waals surface area contributed by atoms with Crippen molar-refractivity contribution in [2.45, 2.75) is 25.4 Å². The number of rotatable bonds is 3. The molecule has 0 radical (unpaired) electrons.